The summed E-state index contributed by atoms with van der Waals surface area (Å²) in [5.74, 6) is 3.44. The number of thioether (sulfide) groups is 1. The zero-order chi connectivity index (χ0) is 10.1. The van der Waals surface area contributed by atoms with Crippen molar-refractivity contribution in [1.29, 1.82) is 0 Å². The number of nitrogens with zero attached hydrogens (tertiary/aromatic N) is 2. The Morgan fingerprint density at radius 2 is 2.27 bits per heavy atom. The van der Waals surface area contributed by atoms with Crippen molar-refractivity contribution in [3.63, 3.8) is 0 Å². The quantitative estimate of drug-likeness (QED) is 0.830. The molecule has 2 aliphatic heterocycles. The lowest BCUT2D eigenvalue weighted by molar-refractivity contribution is 0.306. The van der Waals surface area contributed by atoms with Crippen LogP contribution in [0.25, 0.3) is 0 Å². The van der Waals surface area contributed by atoms with Crippen LogP contribution in [-0.4, -0.2) is 29.0 Å². The van der Waals surface area contributed by atoms with E-state index in [0.29, 0.717) is 11.2 Å². The van der Waals surface area contributed by atoms with Gasteiger partial charge in [-0.2, -0.15) is 16.7 Å². The molecule has 2 fully saturated rings. The van der Waals surface area contributed by atoms with E-state index >= 15 is 0 Å². The largest absolute Gasteiger partial charge is 0.339 e. The first-order chi connectivity index (χ1) is 7.43. The van der Waals surface area contributed by atoms with Gasteiger partial charge in [-0.25, -0.2) is 0 Å². The molecule has 0 spiro atoms. The van der Waals surface area contributed by atoms with Crippen molar-refractivity contribution in [2.45, 2.75) is 30.4 Å². The summed E-state index contributed by atoms with van der Waals surface area (Å²) in [7, 11) is 0. The van der Waals surface area contributed by atoms with Crippen molar-refractivity contribution in [2.24, 2.45) is 0 Å². The molecule has 3 heterocycles. The lowest BCUT2D eigenvalue weighted by Crippen LogP contribution is -2.40. The molecule has 3 rings (SSSR count). The Labute approximate surface area is 93.2 Å². The van der Waals surface area contributed by atoms with E-state index in [0.717, 1.165) is 24.8 Å². The normalized spacial score (nSPS) is 27.6. The molecule has 0 amide bonds. The van der Waals surface area contributed by atoms with E-state index in [1.54, 1.807) is 0 Å². The maximum absolute atomic E-state index is 5.31. The number of rotatable bonds is 2. The van der Waals surface area contributed by atoms with Crippen LogP contribution < -0.4 is 5.32 Å². The highest BCUT2D eigenvalue weighted by atomic mass is 32.2. The fourth-order valence-electron chi connectivity index (χ4n) is 1.95. The van der Waals surface area contributed by atoms with Crippen LogP contribution in [0.15, 0.2) is 4.52 Å². The fraction of sp³-hybridized carbons (Fsp3) is 0.800. The summed E-state index contributed by atoms with van der Waals surface area (Å²) in [6, 6.07) is 0. The maximum Gasteiger partial charge on any atom is 0.232 e. The topological polar surface area (TPSA) is 51.0 Å². The van der Waals surface area contributed by atoms with Gasteiger partial charge in [0.1, 0.15) is 0 Å². The minimum absolute atomic E-state index is 0.458. The lowest BCUT2D eigenvalue weighted by Gasteiger charge is -2.23. The van der Waals surface area contributed by atoms with Crippen LogP contribution in [0.1, 0.15) is 42.1 Å². The first kappa shape index (κ1) is 9.66. The van der Waals surface area contributed by atoms with Crippen molar-refractivity contribution in [3.8, 4) is 0 Å². The monoisotopic (exact) mass is 225 g/mol. The van der Waals surface area contributed by atoms with Gasteiger partial charge in [0.15, 0.2) is 5.82 Å². The van der Waals surface area contributed by atoms with Gasteiger partial charge in [-0.1, -0.05) is 11.6 Å². The summed E-state index contributed by atoms with van der Waals surface area (Å²) < 4.78 is 5.31. The minimum atomic E-state index is 0.458. The molecule has 1 aromatic rings. The summed E-state index contributed by atoms with van der Waals surface area (Å²) in [5, 5.41) is 7.80. The first-order valence-corrected chi connectivity index (χ1v) is 6.64. The van der Waals surface area contributed by atoms with Crippen molar-refractivity contribution in [1.82, 2.24) is 15.5 Å². The van der Waals surface area contributed by atoms with Crippen LogP contribution in [-0.2, 0) is 0 Å². The first-order valence-electron chi connectivity index (χ1n) is 5.59. The zero-order valence-electron chi connectivity index (χ0n) is 8.61. The van der Waals surface area contributed by atoms with E-state index in [1.165, 1.54) is 25.0 Å². The fourth-order valence-corrected chi connectivity index (χ4v) is 3.18. The molecule has 1 aromatic heterocycles. The van der Waals surface area contributed by atoms with Gasteiger partial charge in [0, 0.05) is 13.1 Å². The Morgan fingerprint density at radius 1 is 1.33 bits per heavy atom. The van der Waals surface area contributed by atoms with E-state index in [4.69, 9.17) is 4.52 Å². The number of hydrogen-bond acceptors (Lipinski definition) is 5. The van der Waals surface area contributed by atoms with Gasteiger partial charge in [-0.15, -0.1) is 0 Å². The van der Waals surface area contributed by atoms with Gasteiger partial charge < -0.3 is 9.84 Å². The molecule has 15 heavy (non-hydrogen) atoms. The SMILES string of the molecule is C1CCC(c2noc(C3CNC3)n2)SC1. The van der Waals surface area contributed by atoms with Crippen LogP contribution in [0.5, 0.6) is 0 Å². The summed E-state index contributed by atoms with van der Waals surface area (Å²) in [6.07, 6.45) is 3.83. The second-order valence-electron chi connectivity index (χ2n) is 4.20. The molecule has 0 saturated carbocycles. The van der Waals surface area contributed by atoms with Crippen LogP contribution in [0.3, 0.4) is 0 Å². The molecular formula is C10H15N3OS. The minimum Gasteiger partial charge on any atom is -0.339 e. The molecule has 2 saturated heterocycles. The lowest BCUT2D eigenvalue weighted by atomic mass is 10.0. The third-order valence-electron chi connectivity index (χ3n) is 3.06. The standard InChI is InChI=1S/C10H15N3OS/c1-2-4-15-8(3-1)9-12-10(14-13-9)7-5-11-6-7/h7-8,11H,1-6H2. The van der Waals surface area contributed by atoms with E-state index < -0.39 is 0 Å². The molecule has 0 aromatic carbocycles. The van der Waals surface area contributed by atoms with Crippen molar-refractivity contribution >= 4 is 11.8 Å². The van der Waals surface area contributed by atoms with Gasteiger partial charge >= 0.3 is 0 Å². The van der Waals surface area contributed by atoms with Crippen LogP contribution in [0.2, 0.25) is 0 Å². The van der Waals surface area contributed by atoms with Gasteiger partial charge in [0.05, 0.1) is 11.2 Å². The summed E-state index contributed by atoms with van der Waals surface area (Å²) >= 11 is 1.97. The summed E-state index contributed by atoms with van der Waals surface area (Å²) in [6.45, 7) is 1.97. The molecular weight excluding hydrogens is 210 g/mol. The van der Waals surface area contributed by atoms with Gasteiger partial charge in [0.2, 0.25) is 5.89 Å². The van der Waals surface area contributed by atoms with Crippen LogP contribution in [0, 0.1) is 0 Å². The van der Waals surface area contributed by atoms with Gasteiger partial charge in [-0.3, -0.25) is 0 Å². The molecule has 1 unspecified atom stereocenters. The van der Waals surface area contributed by atoms with E-state index in [9.17, 15) is 0 Å². The Bertz CT molecular complexity index is 331. The summed E-state index contributed by atoms with van der Waals surface area (Å²) in [4.78, 5) is 4.52. The summed E-state index contributed by atoms with van der Waals surface area (Å²) in [5.41, 5.74) is 0. The predicted molar refractivity (Wildman–Crippen MR) is 59.0 cm³/mol. The van der Waals surface area contributed by atoms with Crippen molar-refractivity contribution in [3.05, 3.63) is 11.7 Å². The average molecular weight is 225 g/mol. The average Bonchev–Trinajstić information content (AvgIpc) is 2.66. The second-order valence-corrected chi connectivity index (χ2v) is 5.51. The van der Waals surface area contributed by atoms with Gasteiger partial charge in [-0.05, 0) is 18.6 Å². The maximum atomic E-state index is 5.31. The van der Waals surface area contributed by atoms with Crippen molar-refractivity contribution in [2.75, 3.05) is 18.8 Å². The highest BCUT2D eigenvalue weighted by molar-refractivity contribution is 7.99. The predicted octanol–water partition coefficient (Wildman–Crippen LogP) is 1.71. The third-order valence-corrected chi connectivity index (χ3v) is 4.43. The molecule has 82 valence electrons. The van der Waals surface area contributed by atoms with E-state index in [2.05, 4.69) is 15.5 Å². The Hall–Kier alpha value is -0.550. The second kappa shape index (κ2) is 4.14. The smallest absolute Gasteiger partial charge is 0.232 e. The Kier molecular flexibility index (Phi) is 2.66. The highest BCUT2D eigenvalue weighted by Crippen LogP contribution is 2.37. The van der Waals surface area contributed by atoms with Gasteiger partial charge in [0.25, 0.3) is 0 Å². The molecule has 2 aliphatic rings. The molecule has 0 radical (unpaired) electrons. The highest BCUT2D eigenvalue weighted by Gasteiger charge is 2.27. The van der Waals surface area contributed by atoms with E-state index in [-0.39, 0.29) is 0 Å². The molecule has 1 atom stereocenters. The van der Waals surface area contributed by atoms with Crippen LogP contribution >= 0.6 is 11.8 Å². The van der Waals surface area contributed by atoms with Crippen molar-refractivity contribution < 1.29 is 4.52 Å². The molecule has 0 bridgehead atoms. The Morgan fingerprint density at radius 3 is 2.93 bits per heavy atom. The Balaban J connectivity index is 1.71. The molecule has 0 aliphatic carbocycles. The molecule has 5 heteroatoms. The molecule has 1 N–H and O–H groups in total. The number of hydrogen-bond donors (Lipinski definition) is 1. The van der Waals surface area contributed by atoms with E-state index in [1.807, 2.05) is 11.8 Å². The number of aromatic nitrogens is 2. The van der Waals surface area contributed by atoms with Crippen LogP contribution in [0.4, 0.5) is 0 Å². The number of nitrogens with one attached hydrogen (secondary N) is 1. The third kappa shape index (κ3) is 1.90. The zero-order valence-corrected chi connectivity index (χ0v) is 9.42. The molecule has 4 nitrogen and oxygen atoms in total.